The van der Waals surface area contributed by atoms with Gasteiger partial charge in [0.25, 0.3) is 5.91 Å². The van der Waals surface area contributed by atoms with Gasteiger partial charge in [-0.25, -0.2) is 0 Å². The van der Waals surface area contributed by atoms with E-state index in [1.54, 1.807) is 6.92 Å². The average Bonchev–Trinajstić information content (AvgIpc) is 2.81. The summed E-state index contributed by atoms with van der Waals surface area (Å²) in [6.45, 7) is 3.78. The molecule has 33 heavy (non-hydrogen) atoms. The highest BCUT2D eigenvalue weighted by Gasteiger charge is 2.15. The monoisotopic (exact) mass is 493 g/mol. The van der Waals surface area contributed by atoms with Gasteiger partial charge in [-0.05, 0) is 43.0 Å². The van der Waals surface area contributed by atoms with Crippen molar-refractivity contribution in [3.63, 3.8) is 0 Å². The summed E-state index contributed by atoms with van der Waals surface area (Å²) in [4.78, 5) is 12.4. The number of ether oxygens (including phenoxy) is 1. The van der Waals surface area contributed by atoms with Crippen molar-refractivity contribution in [1.82, 2.24) is 0 Å². The quantitative estimate of drug-likeness (QED) is 0.193. The van der Waals surface area contributed by atoms with Crippen molar-refractivity contribution in [2.75, 3.05) is 11.9 Å². The number of anilines is 1. The molecule has 0 aliphatic rings. The standard InChI is InChI=1S/C27H37Cl2NO3/c1-3-4-5-6-7-8-9-10-11-12-15-21-16-13-14-17-24(21)33-19-25(31)30-23-18-22(28)20(2)26(29)27(23)32/h13-14,16-18,32H,3-12,15,19H2,1-2H3,(H,30,31). The number of phenols is 1. The van der Waals surface area contributed by atoms with Crippen molar-refractivity contribution in [3.8, 4) is 11.5 Å². The maximum Gasteiger partial charge on any atom is 0.262 e. The SMILES string of the molecule is CCCCCCCCCCCCc1ccccc1OCC(=O)Nc1cc(Cl)c(C)c(Cl)c1O. The van der Waals surface area contributed by atoms with Crippen LogP contribution in [0.15, 0.2) is 30.3 Å². The lowest BCUT2D eigenvalue weighted by Crippen LogP contribution is -2.20. The van der Waals surface area contributed by atoms with Crippen LogP contribution in [0.3, 0.4) is 0 Å². The molecule has 0 saturated heterocycles. The topological polar surface area (TPSA) is 58.6 Å². The molecule has 0 bridgehead atoms. The number of aryl methyl sites for hydroxylation is 1. The number of halogens is 2. The third kappa shape index (κ3) is 9.46. The summed E-state index contributed by atoms with van der Waals surface area (Å²) in [5.74, 6) is 0.121. The van der Waals surface area contributed by atoms with Gasteiger partial charge in [0, 0.05) is 5.02 Å². The summed E-state index contributed by atoms with van der Waals surface area (Å²) in [5.41, 5.74) is 1.84. The first-order chi connectivity index (χ1) is 15.9. The van der Waals surface area contributed by atoms with E-state index in [4.69, 9.17) is 27.9 Å². The van der Waals surface area contributed by atoms with Crippen molar-refractivity contribution in [3.05, 3.63) is 51.5 Å². The van der Waals surface area contributed by atoms with Crippen molar-refractivity contribution in [2.24, 2.45) is 0 Å². The van der Waals surface area contributed by atoms with Gasteiger partial charge in [0.2, 0.25) is 0 Å². The molecule has 2 aromatic rings. The first-order valence-electron chi connectivity index (χ1n) is 12.1. The summed E-state index contributed by atoms with van der Waals surface area (Å²) >= 11 is 12.2. The van der Waals surface area contributed by atoms with Gasteiger partial charge < -0.3 is 15.2 Å². The predicted molar refractivity (Wildman–Crippen MR) is 139 cm³/mol. The number of hydrogen-bond donors (Lipinski definition) is 2. The highest BCUT2D eigenvalue weighted by atomic mass is 35.5. The molecule has 0 atom stereocenters. The minimum absolute atomic E-state index is 0.126. The molecule has 0 unspecified atom stereocenters. The van der Waals surface area contributed by atoms with Gasteiger partial charge in [0.05, 0.1) is 10.7 Å². The van der Waals surface area contributed by atoms with Crippen LogP contribution < -0.4 is 10.1 Å². The third-order valence-corrected chi connectivity index (χ3v) is 6.68. The van der Waals surface area contributed by atoms with Crippen LogP contribution in [0.4, 0.5) is 5.69 Å². The van der Waals surface area contributed by atoms with Crippen LogP contribution in [0.1, 0.15) is 82.3 Å². The molecule has 2 N–H and O–H groups in total. The summed E-state index contributed by atoms with van der Waals surface area (Å²) < 4.78 is 5.78. The summed E-state index contributed by atoms with van der Waals surface area (Å²) in [6.07, 6.45) is 13.9. The normalized spacial score (nSPS) is 10.9. The second-order valence-electron chi connectivity index (χ2n) is 8.57. The fourth-order valence-corrected chi connectivity index (χ4v) is 4.24. The van der Waals surface area contributed by atoms with E-state index in [1.165, 1.54) is 63.9 Å². The van der Waals surface area contributed by atoms with Gasteiger partial charge >= 0.3 is 0 Å². The number of benzene rings is 2. The van der Waals surface area contributed by atoms with Crippen LogP contribution in [0, 0.1) is 6.92 Å². The van der Waals surface area contributed by atoms with E-state index < -0.39 is 5.91 Å². The molecule has 2 aromatic carbocycles. The van der Waals surface area contributed by atoms with Crippen LogP contribution in [0.5, 0.6) is 11.5 Å². The number of amides is 1. The Bertz CT molecular complexity index is 886. The number of carbonyl (C=O) groups is 1. The summed E-state index contributed by atoms with van der Waals surface area (Å²) in [7, 11) is 0. The Labute approximate surface area is 208 Å². The zero-order chi connectivity index (χ0) is 24.1. The zero-order valence-corrected chi connectivity index (χ0v) is 21.4. The molecule has 0 heterocycles. The molecule has 0 fully saturated rings. The van der Waals surface area contributed by atoms with Crippen LogP contribution in [-0.4, -0.2) is 17.6 Å². The number of aromatic hydroxyl groups is 1. The molecule has 2 rings (SSSR count). The van der Waals surface area contributed by atoms with E-state index in [0.717, 1.165) is 18.4 Å². The smallest absolute Gasteiger partial charge is 0.262 e. The molecule has 0 saturated carbocycles. The third-order valence-electron chi connectivity index (χ3n) is 5.83. The van der Waals surface area contributed by atoms with Gasteiger partial charge in [-0.3, -0.25) is 4.79 Å². The molecule has 4 nitrogen and oxygen atoms in total. The van der Waals surface area contributed by atoms with Gasteiger partial charge in [-0.15, -0.1) is 0 Å². The molecule has 0 radical (unpaired) electrons. The number of unbranched alkanes of at least 4 members (excludes halogenated alkanes) is 9. The molecule has 1 amide bonds. The van der Waals surface area contributed by atoms with Crippen LogP contribution in [0.25, 0.3) is 0 Å². The van der Waals surface area contributed by atoms with Crippen LogP contribution in [-0.2, 0) is 11.2 Å². The van der Waals surface area contributed by atoms with E-state index in [9.17, 15) is 9.90 Å². The second kappa shape index (κ2) is 15.1. The fourth-order valence-electron chi connectivity index (χ4n) is 3.78. The lowest BCUT2D eigenvalue weighted by molar-refractivity contribution is -0.118. The number of para-hydroxylation sites is 1. The van der Waals surface area contributed by atoms with Crippen LogP contribution >= 0.6 is 23.2 Å². The van der Waals surface area contributed by atoms with Crippen LogP contribution in [0.2, 0.25) is 10.0 Å². The first-order valence-corrected chi connectivity index (χ1v) is 12.9. The van der Waals surface area contributed by atoms with Gasteiger partial charge in [0.15, 0.2) is 12.4 Å². The Morgan fingerprint density at radius 2 is 1.58 bits per heavy atom. The highest BCUT2D eigenvalue weighted by Crippen LogP contribution is 2.38. The maximum absolute atomic E-state index is 12.4. The van der Waals surface area contributed by atoms with Crippen molar-refractivity contribution in [1.29, 1.82) is 0 Å². The molecule has 6 heteroatoms. The van der Waals surface area contributed by atoms with E-state index in [0.29, 0.717) is 16.3 Å². The summed E-state index contributed by atoms with van der Waals surface area (Å²) in [6, 6.07) is 9.31. The first kappa shape index (κ1) is 27.3. The Balaban J connectivity index is 1.74. The lowest BCUT2D eigenvalue weighted by atomic mass is 10.0. The zero-order valence-electron chi connectivity index (χ0n) is 19.9. The minimum atomic E-state index is -0.393. The molecule has 0 aromatic heterocycles. The number of phenolic OH excluding ortho intramolecular Hbond substituents is 1. The predicted octanol–water partition coefficient (Wildman–Crippen LogP) is 8.49. The number of carbonyl (C=O) groups excluding carboxylic acids is 1. The Morgan fingerprint density at radius 1 is 0.970 bits per heavy atom. The Kier molecular flexibility index (Phi) is 12.5. The fraction of sp³-hybridized carbons (Fsp3) is 0.519. The largest absolute Gasteiger partial charge is 0.504 e. The molecular weight excluding hydrogens is 457 g/mol. The maximum atomic E-state index is 12.4. The molecule has 182 valence electrons. The van der Waals surface area contributed by atoms with Gasteiger partial charge in [0.1, 0.15) is 5.75 Å². The Hall–Kier alpha value is -1.91. The summed E-state index contributed by atoms with van der Waals surface area (Å²) in [5, 5.41) is 13.3. The second-order valence-corrected chi connectivity index (χ2v) is 9.36. The van der Waals surface area contributed by atoms with E-state index in [1.807, 2.05) is 24.3 Å². The molecule has 0 aliphatic carbocycles. The lowest BCUT2D eigenvalue weighted by Gasteiger charge is -2.13. The number of rotatable bonds is 15. The number of nitrogens with one attached hydrogen (secondary N) is 1. The molecular formula is C27H37Cl2NO3. The minimum Gasteiger partial charge on any atom is -0.504 e. The Morgan fingerprint density at radius 3 is 2.24 bits per heavy atom. The number of hydrogen-bond acceptors (Lipinski definition) is 3. The molecule has 0 spiro atoms. The van der Waals surface area contributed by atoms with Crippen molar-refractivity contribution >= 4 is 34.8 Å². The van der Waals surface area contributed by atoms with Gasteiger partial charge in [-0.2, -0.15) is 0 Å². The van der Waals surface area contributed by atoms with E-state index >= 15 is 0 Å². The van der Waals surface area contributed by atoms with Crippen molar-refractivity contribution in [2.45, 2.75) is 84.5 Å². The van der Waals surface area contributed by atoms with E-state index in [2.05, 4.69) is 12.2 Å². The van der Waals surface area contributed by atoms with Gasteiger partial charge in [-0.1, -0.05) is 106 Å². The molecule has 0 aliphatic heterocycles. The van der Waals surface area contributed by atoms with Crippen molar-refractivity contribution < 1.29 is 14.6 Å². The average molecular weight is 495 g/mol. The van der Waals surface area contributed by atoms with E-state index in [-0.39, 0.29) is 23.1 Å². The highest BCUT2D eigenvalue weighted by molar-refractivity contribution is 6.37.